The van der Waals surface area contributed by atoms with Crippen LogP contribution in [0.2, 0.25) is 5.02 Å². The molecule has 0 spiro atoms. The molecule has 0 saturated heterocycles. The van der Waals surface area contributed by atoms with Crippen LogP contribution >= 0.6 is 11.6 Å². The lowest BCUT2D eigenvalue weighted by Crippen LogP contribution is -2.13. The fourth-order valence-corrected chi connectivity index (χ4v) is 3.01. The summed E-state index contributed by atoms with van der Waals surface area (Å²) >= 11 is 6.17. The van der Waals surface area contributed by atoms with Gasteiger partial charge in [0.05, 0.1) is 11.6 Å². The van der Waals surface area contributed by atoms with Crippen LogP contribution in [0.25, 0.3) is 6.08 Å². The minimum absolute atomic E-state index is 0.0374. The molecule has 0 heterocycles. The topological polar surface area (TPSA) is 71.3 Å². The molecule has 0 aliphatic rings. The molecule has 3 aromatic rings. The largest absolute Gasteiger partial charge is 0.492 e. The van der Waals surface area contributed by atoms with E-state index in [1.807, 2.05) is 43.3 Å². The number of anilines is 1. The first kappa shape index (κ1) is 21.9. The van der Waals surface area contributed by atoms with E-state index in [1.165, 1.54) is 6.08 Å². The maximum absolute atomic E-state index is 12.5. The summed E-state index contributed by atoms with van der Waals surface area (Å²) in [7, 11) is 0. The van der Waals surface area contributed by atoms with Gasteiger partial charge in [0.2, 0.25) is 0 Å². The van der Waals surface area contributed by atoms with E-state index in [1.54, 1.807) is 42.5 Å². The molecular weight excluding hydrogens is 412 g/mol. The Labute approximate surface area is 186 Å². The van der Waals surface area contributed by atoms with Crippen LogP contribution in [-0.4, -0.2) is 12.5 Å². The van der Waals surface area contributed by atoms with Gasteiger partial charge in [-0.25, -0.2) is 0 Å². The van der Waals surface area contributed by atoms with Crippen LogP contribution in [0.5, 0.6) is 11.5 Å². The van der Waals surface area contributed by atoms with Gasteiger partial charge in [0, 0.05) is 5.69 Å². The van der Waals surface area contributed by atoms with E-state index < -0.39 is 5.91 Å². The van der Waals surface area contributed by atoms with E-state index >= 15 is 0 Å². The number of ether oxygens (including phenoxy) is 2. The van der Waals surface area contributed by atoms with Gasteiger partial charge in [-0.2, -0.15) is 5.26 Å². The minimum Gasteiger partial charge on any atom is -0.492 e. The molecule has 3 aromatic carbocycles. The van der Waals surface area contributed by atoms with Crippen LogP contribution in [0.4, 0.5) is 5.69 Å². The Morgan fingerprint density at radius 1 is 1.06 bits per heavy atom. The van der Waals surface area contributed by atoms with E-state index in [9.17, 15) is 10.1 Å². The standard InChI is InChI=1S/C25H21ClN2O3/c1-2-30-24-13-8-19(15-23(24)26)14-20(16-27)25(29)28-21-9-11-22(12-10-21)31-17-18-6-4-3-5-7-18/h3-15H,2,17H2,1H3,(H,28,29)/b20-14+. The number of benzene rings is 3. The van der Waals surface area contributed by atoms with Gasteiger partial charge in [0.1, 0.15) is 29.7 Å². The Bertz CT molecular complexity index is 1100. The maximum Gasteiger partial charge on any atom is 0.266 e. The van der Waals surface area contributed by atoms with Crippen molar-refractivity contribution in [3.63, 3.8) is 0 Å². The lowest BCUT2D eigenvalue weighted by atomic mass is 10.1. The molecule has 5 nitrogen and oxygen atoms in total. The predicted octanol–water partition coefficient (Wildman–Crippen LogP) is 5.86. The number of nitrogens with zero attached hydrogens (tertiary/aromatic N) is 1. The number of amides is 1. The third-order valence-corrected chi connectivity index (χ3v) is 4.59. The van der Waals surface area contributed by atoms with Crippen molar-refractivity contribution in [3.8, 4) is 17.6 Å². The first-order chi connectivity index (χ1) is 15.1. The highest BCUT2D eigenvalue weighted by Crippen LogP contribution is 2.26. The van der Waals surface area contributed by atoms with Gasteiger partial charge in [-0.05, 0) is 60.5 Å². The first-order valence-electron chi connectivity index (χ1n) is 9.71. The van der Waals surface area contributed by atoms with E-state index in [4.69, 9.17) is 21.1 Å². The Hall–Kier alpha value is -3.75. The molecule has 0 bridgehead atoms. The van der Waals surface area contributed by atoms with Crippen LogP contribution in [0.15, 0.2) is 78.4 Å². The van der Waals surface area contributed by atoms with Crippen LogP contribution in [0.1, 0.15) is 18.1 Å². The van der Waals surface area contributed by atoms with Gasteiger partial charge in [-0.15, -0.1) is 0 Å². The zero-order valence-electron chi connectivity index (χ0n) is 17.0. The molecule has 156 valence electrons. The van der Waals surface area contributed by atoms with Gasteiger partial charge in [0.25, 0.3) is 5.91 Å². The van der Waals surface area contributed by atoms with Gasteiger partial charge in [-0.1, -0.05) is 48.0 Å². The summed E-state index contributed by atoms with van der Waals surface area (Å²) in [4.78, 5) is 12.5. The highest BCUT2D eigenvalue weighted by Gasteiger charge is 2.11. The number of hydrogen-bond donors (Lipinski definition) is 1. The molecular formula is C25H21ClN2O3. The molecule has 0 aliphatic heterocycles. The van der Waals surface area contributed by atoms with Crippen molar-refractivity contribution in [2.24, 2.45) is 0 Å². The van der Waals surface area contributed by atoms with Gasteiger partial charge < -0.3 is 14.8 Å². The van der Waals surface area contributed by atoms with Crippen LogP contribution < -0.4 is 14.8 Å². The maximum atomic E-state index is 12.5. The second-order valence-corrected chi connectivity index (χ2v) is 6.95. The summed E-state index contributed by atoms with van der Waals surface area (Å²) < 4.78 is 11.1. The number of rotatable bonds is 8. The van der Waals surface area contributed by atoms with E-state index in [0.29, 0.717) is 41.0 Å². The van der Waals surface area contributed by atoms with Crippen molar-refractivity contribution in [2.45, 2.75) is 13.5 Å². The van der Waals surface area contributed by atoms with E-state index in [0.717, 1.165) is 5.56 Å². The Kier molecular flexibility index (Phi) is 7.69. The molecule has 1 N–H and O–H groups in total. The molecule has 0 radical (unpaired) electrons. The molecule has 3 rings (SSSR count). The molecule has 31 heavy (non-hydrogen) atoms. The molecule has 0 unspecified atom stereocenters. The number of halogens is 1. The smallest absolute Gasteiger partial charge is 0.266 e. The average Bonchev–Trinajstić information content (AvgIpc) is 2.79. The van der Waals surface area contributed by atoms with Crippen molar-refractivity contribution in [2.75, 3.05) is 11.9 Å². The summed E-state index contributed by atoms with van der Waals surface area (Å²) in [5.41, 5.74) is 2.22. The average molecular weight is 433 g/mol. The highest BCUT2D eigenvalue weighted by atomic mass is 35.5. The zero-order valence-corrected chi connectivity index (χ0v) is 17.7. The molecule has 1 amide bonds. The molecule has 0 aliphatic carbocycles. The number of nitrogens with one attached hydrogen (secondary N) is 1. The monoisotopic (exact) mass is 432 g/mol. The third-order valence-electron chi connectivity index (χ3n) is 4.29. The van der Waals surface area contributed by atoms with Crippen molar-refractivity contribution in [1.82, 2.24) is 0 Å². The van der Waals surface area contributed by atoms with E-state index in [-0.39, 0.29) is 5.57 Å². The summed E-state index contributed by atoms with van der Waals surface area (Å²) in [6.07, 6.45) is 1.48. The van der Waals surface area contributed by atoms with Gasteiger partial charge >= 0.3 is 0 Å². The van der Waals surface area contributed by atoms with Crippen LogP contribution in [-0.2, 0) is 11.4 Å². The van der Waals surface area contributed by atoms with E-state index in [2.05, 4.69) is 5.32 Å². The molecule has 0 aromatic heterocycles. The molecule has 0 atom stereocenters. The summed E-state index contributed by atoms with van der Waals surface area (Å²) in [5.74, 6) is 0.728. The third kappa shape index (κ3) is 6.36. The van der Waals surface area contributed by atoms with Crippen molar-refractivity contribution < 1.29 is 14.3 Å². The molecule has 0 fully saturated rings. The number of hydrogen-bond acceptors (Lipinski definition) is 4. The fraction of sp³-hybridized carbons (Fsp3) is 0.120. The Morgan fingerprint density at radius 2 is 1.81 bits per heavy atom. The quantitative estimate of drug-likeness (QED) is 0.357. The number of carbonyl (C=O) groups is 1. The van der Waals surface area contributed by atoms with Crippen LogP contribution in [0, 0.1) is 11.3 Å². The van der Waals surface area contributed by atoms with Crippen molar-refractivity contribution in [3.05, 3.63) is 94.5 Å². The Balaban J connectivity index is 1.63. The highest BCUT2D eigenvalue weighted by molar-refractivity contribution is 6.32. The van der Waals surface area contributed by atoms with Crippen LogP contribution in [0.3, 0.4) is 0 Å². The summed E-state index contributed by atoms with van der Waals surface area (Å²) in [6, 6.07) is 23.8. The fourth-order valence-electron chi connectivity index (χ4n) is 2.77. The summed E-state index contributed by atoms with van der Waals surface area (Å²) in [6.45, 7) is 2.82. The minimum atomic E-state index is -0.509. The zero-order chi connectivity index (χ0) is 22.1. The van der Waals surface area contributed by atoms with Gasteiger partial charge in [0.15, 0.2) is 0 Å². The lowest BCUT2D eigenvalue weighted by Gasteiger charge is -2.09. The predicted molar refractivity (Wildman–Crippen MR) is 122 cm³/mol. The molecule has 6 heteroatoms. The van der Waals surface area contributed by atoms with Crippen molar-refractivity contribution in [1.29, 1.82) is 5.26 Å². The number of nitriles is 1. The lowest BCUT2D eigenvalue weighted by molar-refractivity contribution is -0.112. The first-order valence-corrected chi connectivity index (χ1v) is 10.1. The number of carbonyl (C=O) groups excluding carboxylic acids is 1. The Morgan fingerprint density at radius 3 is 2.45 bits per heavy atom. The second kappa shape index (κ2) is 10.9. The molecule has 0 saturated carbocycles. The summed E-state index contributed by atoms with van der Waals surface area (Å²) in [5, 5.41) is 12.5. The second-order valence-electron chi connectivity index (χ2n) is 6.55. The normalized spacial score (nSPS) is 10.8. The van der Waals surface area contributed by atoms with Gasteiger partial charge in [-0.3, -0.25) is 4.79 Å². The SMILES string of the molecule is CCOc1ccc(/C=C(\C#N)C(=O)Nc2ccc(OCc3ccccc3)cc2)cc1Cl. The van der Waals surface area contributed by atoms with Crippen molar-refractivity contribution >= 4 is 29.3 Å².